The fourth-order valence-corrected chi connectivity index (χ4v) is 3.32. The molecule has 0 bridgehead atoms. The minimum atomic E-state index is -0.589. The lowest BCUT2D eigenvalue weighted by atomic mass is 9.93. The van der Waals surface area contributed by atoms with Crippen molar-refractivity contribution in [3.63, 3.8) is 0 Å². The first-order valence-electron chi connectivity index (χ1n) is 8.80. The Hall–Kier alpha value is -3.41. The number of furan rings is 1. The van der Waals surface area contributed by atoms with Crippen molar-refractivity contribution in [2.75, 3.05) is 0 Å². The van der Waals surface area contributed by atoms with Crippen LogP contribution in [0.1, 0.15) is 27.2 Å². The van der Waals surface area contributed by atoms with Crippen LogP contribution >= 0.6 is 0 Å². The molecule has 1 atom stereocenters. The Kier molecular flexibility index (Phi) is 4.70. The van der Waals surface area contributed by atoms with Crippen molar-refractivity contribution in [1.82, 2.24) is 15.2 Å². The van der Waals surface area contributed by atoms with Crippen molar-refractivity contribution < 1.29 is 14.0 Å². The Morgan fingerprint density at radius 3 is 2.70 bits per heavy atom. The average Bonchev–Trinajstić information content (AvgIpc) is 3.26. The number of rotatable bonds is 4. The van der Waals surface area contributed by atoms with Gasteiger partial charge in [0, 0.05) is 31.9 Å². The lowest BCUT2D eigenvalue weighted by Crippen LogP contribution is -2.52. The van der Waals surface area contributed by atoms with Crippen LogP contribution in [0.2, 0.25) is 0 Å². The number of carbonyl (C=O) groups is 2. The molecule has 2 aromatic heterocycles. The lowest BCUT2D eigenvalue weighted by molar-refractivity contribution is -0.126. The zero-order chi connectivity index (χ0) is 18.6. The fourth-order valence-electron chi connectivity index (χ4n) is 3.32. The molecule has 0 unspecified atom stereocenters. The molecule has 0 fully saturated rings. The first-order chi connectivity index (χ1) is 13.2. The number of fused-ring (bicyclic) bond motifs is 1. The molecule has 0 saturated heterocycles. The summed E-state index contributed by atoms with van der Waals surface area (Å²) in [6, 6.07) is 14.3. The van der Waals surface area contributed by atoms with Gasteiger partial charge in [-0.1, -0.05) is 30.3 Å². The van der Waals surface area contributed by atoms with Gasteiger partial charge in [-0.05, 0) is 34.9 Å². The van der Waals surface area contributed by atoms with Gasteiger partial charge >= 0.3 is 0 Å². The van der Waals surface area contributed by atoms with Gasteiger partial charge in [-0.25, -0.2) is 0 Å². The van der Waals surface area contributed by atoms with E-state index in [1.165, 1.54) is 6.26 Å². The molecule has 27 heavy (non-hydrogen) atoms. The Balaban J connectivity index is 1.57. The Morgan fingerprint density at radius 1 is 1.11 bits per heavy atom. The molecule has 3 aromatic rings. The van der Waals surface area contributed by atoms with E-state index in [4.69, 9.17) is 4.42 Å². The summed E-state index contributed by atoms with van der Waals surface area (Å²) in [4.78, 5) is 31.4. The van der Waals surface area contributed by atoms with Crippen LogP contribution in [-0.2, 0) is 24.3 Å². The molecule has 4 rings (SSSR count). The molecule has 136 valence electrons. The smallest absolute Gasteiger partial charge is 0.290 e. The second-order valence-corrected chi connectivity index (χ2v) is 6.48. The first kappa shape index (κ1) is 17.0. The monoisotopic (exact) mass is 361 g/mol. The van der Waals surface area contributed by atoms with Gasteiger partial charge in [-0.3, -0.25) is 14.6 Å². The van der Waals surface area contributed by atoms with Gasteiger partial charge in [0.15, 0.2) is 5.76 Å². The van der Waals surface area contributed by atoms with Gasteiger partial charge in [0.2, 0.25) is 5.91 Å². The van der Waals surface area contributed by atoms with Gasteiger partial charge in [0.05, 0.1) is 6.26 Å². The quantitative estimate of drug-likeness (QED) is 0.775. The number of carbonyl (C=O) groups excluding carboxylic acids is 2. The summed E-state index contributed by atoms with van der Waals surface area (Å²) >= 11 is 0. The first-order valence-corrected chi connectivity index (χ1v) is 8.80. The molecule has 1 aliphatic rings. The second-order valence-electron chi connectivity index (χ2n) is 6.48. The third-order valence-electron chi connectivity index (χ3n) is 4.73. The zero-order valence-electron chi connectivity index (χ0n) is 14.7. The molecule has 1 N–H and O–H groups in total. The molecule has 1 aromatic carbocycles. The number of benzene rings is 1. The minimum Gasteiger partial charge on any atom is -0.459 e. The van der Waals surface area contributed by atoms with E-state index in [-0.39, 0.29) is 17.6 Å². The molecule has 0 aliphatic carbocycles. The molecular weight excluding hydrogens is 342 g/mol. The average molecular weight is 361 g/mol. The van der Waals surface area contributed by atoms with E-state index in [0.29, 0.717) is 19.5 Å². The van der Waals surface area contributed by atoms with Crippen molar-refractivity contribution in [2.45, 2.75) is 25.6 Å². The highest BCUT2D eigenvalue weighted by molar-refractivity contribution is 5.96. The van der Waals surface area contributed by atoms with E-state index in [0.717, 1.165) is 16.7 Å². The normalized spacial score (nSPS) is 15.9. The Bertz CT molecular complexity index is 938. The van der Waals surface area contributed by atoms with E-state index in [1.54, 1.807) is 29.4 Å². The molecule has 3 heterocycles. The third kappa shape index (κ3) is 3.60. The highest BCUT2D eigenvalue weighted by Gasteiger charge is 2.35. The Labute approximate surface area is 156 Å². The van der Waals surface area contributed by atoms with Crippen molar-refractivity contribution >= 4 is 11.8 Å². The van der Waals surface area contributed by atoms with Crippen LogP contribution in [0.15, 0.2) is 71.6 Å². The van der Waals surface area contributed by atoms with E-state index < -0.39 is 6.04 Å². The third-order valence-corrected chi connectivity index (χ3v) is 4.73. The van der Waals surface area contributed by atoms with Crippen molar-refractivity contribution in [1.29, 1.82) is 0 Å². The van der Waals surface area contributed by atoms with Crippen LogP contribution in [-0.4, -0.2) is 27.7 Å². The number of hydrogen-bond acceptors (Lipinski definition) is 4. The molecule has 6 nitrogen and oxygen atoms in total. The number of aromatic nitrogens is 1. The Morgan fingerprint density at radius 2 is 1.96 bits per heavy atom. The summed E-state index contributed by atoms with van der Waals surface area (Å²) in [5.41, 5.74) is 3.04. The van der Waals surface area contributed by atoms with Crippen molar-refractivity contribution in [3.05, 3.63) is 89.6 Å². The lowest BCUT2D eigenvalue weighted by Gasteiger charge is -2.35. The van der Waals surface area contributed by atoms with E-state index in [1.807, 2.05) is 36.4 Å². The van der Waals surface area contributed by atoms with Crippen LogP contribution < -0.4 is 5.32 Å². The van der Waals surface area contributed by atoms with Crippen LogP contribution in [0.3, 0.4) is 0 Å². The summed E-state index contributed by atoms with van der Waals surface area (Å²) < 4.78 is 5.26. The number of nitrogens with zero attached hydrogens (tertiary/aromatic N) is 2. The van der Waals surface area contributed by atoms with Crippen LogP contribution in [0.25, 0.3) is 0 Å². The largest absolute Gasteiger partial charge is 0.459 e. The number of pyridine rings is 1. The van der Waals surface area contributed by atoms with Crippen LogP contribution in [0, 0.1) is 0 Å². The maximum atomic E-state index is 12.9. The molecule has 6 heteroatoms. The number of hydrogen-bond donors (Lipinski definition) is 1. The molecule has 0 radical (unpaired) electrons. The second kappa shape index (κ2) is 7.45. The van der Waals surface area contributed by atoms with Gasteiger partial charge < -0.3 is 14.6 Å². The van der Waals surface area contributed by atoms with Crippen molar-refractivity contribution in [2.24, 2.45) is 0 Å². The van der Waals surface area contributed by atoms with Gasteiger partial charge in [-0.15, -0.1) is 0 Å². The van der Waals surface area contributed by atoms with E-state index in [9.17, 15) is 9.59 Å². The number of nitrogens with one attached hydrogen (secondary N) is 1. The zero-order valence-corrected chi connectivity index (χ0v) is 14.7. The van der Waals surface area contributed by atoms with Gasteiger partial charge in [0.1, 0.15) is 6.04 Å². The SMILES string of the molecule is O=C(NCc1cccnc1)[C@@H]1Cc2ccccc2CN1C(=O)c1ccco1. The molecule has 1 aliphatic heterocycles. The summed E-state index contributed by atoms with van der Waals surface area (Å²) in [7, 11) is 0. The van der Waals surface area contributed by atoms with Crippen LogP contribution in [0.5, 0.6) is 0 Å². The maximum Gasteiger partial charge on any atom is 0.290 e. The molecular formula is C21H19N3O3. The fraction of sp³-hybridized carbons (Fsp3) is 0.190. The van der Waals surface area contributed by atoms with Gasteiger partial charge in [0.25, 0.3) is 5.91 Å². The highest BCUT2D eigenvalue weighted by atomic mass is 16.3. The van der Waals surface area contributed by atoms with Crippen molar-refractivity contribution in [3.8, 4) is 0 Å². The maximum absolute atomic E-state index is 12.9. The standard InChI is InChI=1S/C21H19N3O3/c25-20(23-13-15-5-3-9-22-12-15)18-11-16-6-1-2-7-17(16)14-24(18)21(26)19-8-4-10-27-19/h1-10,12,18H,11,13-14H2,(H,23,25)/t18-/m0/s1. The number of amides is 2. The van der Waals surface area contributed by atoms with Crippen LogP contribution in [0.4, 0.5) is 0 Å². The predicted octanol–water partition coefficient (Wildman–Crippen LogP) is 2.56. The highest BCUT2D eigenvalue weighted by Crippen LogP contribution is 2.25. The minimum absolute atomic E-state index is 0.187. The summed E-state index contributed by atoms with van der Waals surface area (Å²) in [6.07, 6.45) is 5.33. The predicted molar refractivity (Wildman–Crippen MR) is 98.6 cm³/mol. The van der Waals surface area contributed by atoms with E-state index >= 15 is 0 Å². The molecule has 2 amide bonds. The summed E-state index contributed by atoms with van der Waals surface area (Å²) in [5, 5.41) is 2.93. The van der Waals surface area contributed by atoms with Gasteiger partial charge in [-0.2, -0.15) is 0 Å². The summed E-state index contributed by atoms with van der Waals surface area (Å²) in [5.74, 6) is -0.233. The molecule has 0 spiro atoms. The van der Waals surface area contributed by atoms with E-state index in [2.05, 4.69) is 10.3 Å². The topological polar surface area (TPSA) is 75.4 Å². The summed E-state index contributed by atoms with van der Waals surface area (Å²) in [6.45, 7) is 0.744. The molecule has 0 saturated carbocycles.